The van der Waals surface area contributed by atoms with Gasteiger partial charge in [0.25, 0.3) is 11.8 Å². The lowest BCUT2D eigenvalue weighted by atomic mass is 10.0. The van der Waals surface area contributed by atoms with Gasteiger partial charge in [-0.3, -0.25) is 9.59 Å². The van der Waals surface area contributed by atoms with E-state index in [1.165, 1.54) is 35.1 Å². The van der Waals surface area contributed by atoms with E-state index in [1.54, 1.807) is 12.1 Å². The van der Waals surface area contributed by atoms with Gasteiger partial charge in [0.15, 0.2) is 0 Å². The van der Waals surface area contributed by atoms with Crippen LogP contribution < -0.4 is 10.2 Å². The smallest absolute Gasteiger partial charge is 0.282 e. The van der Waals surface area contributed by atoms with Crippen LogP contribution in [0.4, 0.5) is 15.8 Å². The van der Waals surface area contributed by atoms with Crippen LogP contribution in [0.25, 0.3) is 5.57 Å². The van der Waals surface area contributed by atoms with Crippen LogP contribution >= 0.6 is 11.3 Å². The summed E-state index contributed by atoms with van der Waals surface area (Å²) >= 11 is 1.36. The third kappa shape index (κ3) is 3.47. The number of amides is 2. The number of imide groups is 1. The van der Waals surface area contributed by atoms with E-state index in [2.05, 4.69) is 19.2 Å². The van der Waals surface area contributed by atoms with Crippen molar-refractivity contribution in [2.24, 2.45) is 0 Å². The molecule has 4 nitrogen and oxygen atoms in total. The highest BCUT2D eigenvalue weighted by molar-refractivity contribution is 7.11. The van der Waals surface area contributed by atoms with Gasteiger partial charge in [-0.1, -0.05) is 44.2 Å². The van der Waals surface area contributed by atoms with Crippen molar-refractivity contribution in [3.05, 3.63) is 88.0 Å². The van der Waals surface area contributed by atoms with Gasteiger partial charge in [0.05, 0.1) is 11.3 Å². The molecule has 0 fully saturated rings. The second-order valence-electron chi connectivity index (χ2n) is 7.03. The van der Waals surface area contributed by atoms with Gasteiger partial charge < -0.3 is 5.32 Å². The topological polar surface area (TPSA) is 49.4 Å². The zero-order valence-electron chi connectivity index (χ0n) is 16.0. The van der Waals surface area contributed by atoms with Crippen molar-refractivity contribution in [3.63, 3.8) is 0 Å². The van der Waals surface area contributed by atoms with Gasteiger partial charge >= 0.3 is 0 Å². The Morgan fingerprint density at radius 1 is 0.931 bits per heavy atom. The molecular weight excluding hydrogens is 387 g/mol. The van der Waals surface area contributed by atoms with Crippen LogP contribution in [0, 0.1) is 5.82 Å². The Morgan fingerprint density at radius 2 is 1.66 bits per heavy atom. The number of rotatable bonds is 5. The molecule has 1 aliphatic rings. The first-order chi connectivity index (χ1) is 14.0. The Kier molecular flexibility index (Phi) is 5.03. The minimum atomic E-state index is -0.623. The molecule has 146 valence electrons. The quantitative estimate of drug-likeness (QED) is 0.577. The molecule has 3 aromatic rings. The number of carbonyl (C=O) groups is 2. The van der Waals surface area contributed by atoms with Gasteiger partial charge in [0.2, 0.25) is 0 Å². The van der Waals surface area contributed by atoms with E-state index in [0.29, 0.717) is 16.5 Å². The molecule has 2 aromatic carbocycles. The minimum Gasteiger partial charge on any atom is -0.350 e. The number of thiophene rings is 1. The molecule has 1 aliphatic heterocycles. The van der Waals surface area contributed by atoms with E-state index in [0.717, 1.165) is 4.90 Å². The van der Waals surface area contributed by atoms with Gasteiger partial charge in [-0.25, -0.2) is 9.29 Å². The van der Waals surface area contributed by atoms with Crippen LogP contribution in [0.3, 0.4) is 0 Å². The lowest BCUT2D eigenvalue weighted by Gasteiger charge is -2.16. The van der Waals surface area contributed by atoms with Gasteiger partial charge in [-0.05, 0) is 47.2 Å². The molecule has 29 heavy (non-hydrogen) atoms. The highest BCUT2D eigenvalue weighted by Crippen LogP contribution is 2.36. The number of benzene rings is 2. The van der Waals surface area contributed by atoms with Crippen molar-refractivity contribution in [2.75, 3.05) is 10.2 Å². The average Bonchev–Trinajstić information content (AvgIpc) is 3.30. The molecule has 0 bridgehead atoms. The summed E-state index contributed by atoms with van der Waals surface area (Å²) < 4.78 is 14.3. The van der Waals surface area contributed by atoms with Crippen LogP contribution in [-0.4, -0.2) is 11.8 Å². The lowest BCUT2D eigenvalue weighted by Crippen LogP contribution is -2.33. The molecule has 4 rings (SSSR count). The van der Waals surface area contributed by atoms with Crippen molar-refractivity contribution >= 4 is 40.1 Å². The van der Waals surface area contributed by atoms with Crippen molar-refractivity contribution in [3.8, 4) is 0 Å². The highest BCUT2D eigenvalue weighted by atomic mass is 32.1. The van der Waals surface area contributed by atoms with E-state index in [4.69, 9.17) is 0 Å². The molecule has 0 atom stereocenters. The summed E-state index contributed by atoms with van der Waals surface area (Å²) in [5.74, 6) is -1.35. The Labute approximate surface area is 172 Å². The van der Waals surface area contributed by atoms with Crippen molar-refractivity contribution < 1.29 is 14.0 Å². The average molecular weight is 406 g/mol. The number of hydrogen-bond donors (Lipinski definition) is 1. The first kappa shape index (κ1) is 19.1. The first-order valence-corrected chi connectivity index (χ1v) is 10.1. The van der Waals surface area contributed by atoms with Crippen molar-refractivity contribution in [1.82, 2.24) is 0 Å². The van der Waals surface area contributed by atoms with Crippen molar-refractivity contribution in [2.45, 2.75) is 19.8 Å². The third-order valence-corrected chi connectivity index (χ3v) is 5.68. The minimum absolute atomic E-state index is 0.0523. The predicted molar refractivity (Wildman–Crippen MR) is 114 cm³/mol. The van der Waals surface area contributed by atoms with Gasteiger partial charge in [-0.2, -0.15) is 0 Å². The van der Waals surface area contributed by atoms with Crippen LogP contribution in [0.1, 0.15) is 30.2 Å². The standard InChI is InChI=1S/C23H19FN2O2S/c1-14(2)15-9-11-16(12-10-15)25-21-20(19-8-5-13-29-19)22(27)26(23(21)28)18-7-4-3-6-17(18)24/h3-14,25H,1-2H3. The van der Waals surface area contributed by atoms with Gasteiger partial charge in [0, 0.05) is 10.6 Å². The number of hydrogen-bond acceptors (Lipinski definition) is 4. The maximum atomic E-state index is 14.3. The Hall–Kier alpha value is -3.25. The maximum Gasteiger partial charge on any atom is 0.282 e. The largest absolute Gasteiger partial charge is 0.350 e. The van der Waals surface area contributed by atoms with Crippen molar-refractivity contribution in [1.29, 1.82) is 0 Å². The molecule has 2 heterocycles. The molecule has 6 heteroatoms. The van der Waals surface area contributed by atoms with E-state index in [1.807, 2.05) is 35.7 Å². The molecule has 0 saturated carbocycles. The van der Waals surface area contributed by atoms with E-state index >= 15 is 0 Å². The predicted octanol–water partition coefficient (Wildman–Crippen LogP) is 5.41. The molecule has 2 amide bonds. The first-order valence-electron chi connectivity index (χ1n) is 9.26. The number of nitrogens with zero attached hydrogens (tertiary/aromatic N) is 1. The second kappa shape index (κ2) is 7.64. The summed E-state index contributed by atoms with van der Waals surface area (Å²) in [5, 5.41) is 4.93. The molecule has 0 aliphatic carbocycles. The zero-order valence-corrected chi connectivity index (χ0v) is 16.8. The molecule has 0 spiro atoms. The number of anilines is 2. The number of halogens is 1. The molecule has 0 saturated heterocycles. The summed E-state index contributed by atoms with van der Waals surface area (Å²) in [5.41, 5.74) is 2.21. The number of carbonyl (C=O) groups excluding carboxylic acids is 2. The molecule has 0 unspecified atom stereocenters. The maximum absolute atomic E-state index is 14.3. The molecular formula is C23H19FN2O2S. The fourth-order valence-corrected chi connectivity index (χ4v) is 4.01. The SMILES string of the molecule is CC(C)c1ccc(NC2=C(c3cccs3)C(=O)N(c3ccccc3F)C2=O)cc1. The second-order valence-corrected chi connectivity index (χ2v) is 7.97. The summed E-state index contributed by atoms with van der Waals surface area (Å²) in [4.78, 5) is 27.9. The van der Waals surface area contributed by atoms with E-state index in [-0.39, 0.29) is 17.0 Å². The third-order valence-electron chi connectivity index (χ3n) is 4.79. The monoisotopic (exact) mass is 406 g/mol. The summed E-state index contributed by atoms with van der Waals surface area (Å²) in [7, 11) is 0. The zero-order chi connectivity index (χ0) is 20.5. The van der Waals surface area contributed by atoms with Crippen LogP contribution in [0.15, 0.2) is 71.7 Å². The lowest BCUT2D eigenvalue weighted by molar-refractivity contribution is -0.120. The summed E-state index contributed by atoms with van der Waals surface area (Å²) in [6, 6.07) is 17.1. The summed E-state index contributed by atoms with van der Waals surface area (Å²) in [6.45, 7) is 4.20. The normalized spacial score (nSPS) is 14.3. The summed E-state index contributed by atoms with van der Waals surface area (Å²) in [6.07, 6.45) is 0. The van der Waals surface area contributed by atoms with Crippen LogP contribution in [-0.2, 0) is 9.59 Å². The number of nitrogens with one attached hydrogen (secondary N) is 1. The Morgan fingerprint density at radius 3 is 2.28 bits per heavy atom. The van der Waals surface area contributed by atoms with Gasteiger partial charge in [-0.15, -0.1) is 11.3 Å². The Balaban J connectivity index is 1.76. The van der Waals surface area contributed by atoms with E-state index in [9.17, 15) is 14.0 Å². The molecule has 1 N–H and O–H groups in total. The Bertz CT molecular complexity index is 1100. The number of para-hydroxylation sites is 1. The van der Waals surface area contributed by atoms with E-state index < -0.39 is 17.6 Å². The van der Waals surface area contributed by atoms with Crippen LogP contribution in [0.2, 0.25) is 0 Å². The van der Waals surface area contributed by atoms with Gasteiger partial charge in [0.1, 0.15) is 11.5 Å². The fourth-order valence-electron chi connectivity index (χ4n) is 3.24. The molecule has 1 aromatic heterocycles. The highest BCUT2D eigenvalue weighted by Gasteiger charge is 2.41. The van der Waals surface area contributed by atoms with Crippen LogP contribution in [0.5, 0.6) is 0 Å². The fraction of sp³-hybridized carbons (Fsp3) is 0.130. The molecule has 0 radical (unpaired) electrons.